The highest BCUT2D eigenvalue weighted by Crippen LogP contribution is 2.40. The number of aryl methyl sites for hydroxylation is 1. The number of benzene rings is 4. The first-order valence-corrected chi connectivity index (χ1v) is 39.6. The van der Waals surface area contributed by atoms with Crippen LogP contribution in [0.2, 0.25) is 0 Å². The van der Waals surface area contributed by atoms with Crippen LogP contribution in [0.25, 0.3) is 223 Å². The zero-order valence-corrected chi connectivity index (χ0v) is 66.6. The van der Waals surface area contributed by atoms with Crippen LogP contribution in [0.3, 0.4) is 0 Å². The molecule has 0 unspecified atom stereocenters. The molecule has 0 bridgehead atoms. The zero-order chi connectivity index (χ0) is 83.1. The van der Waals surface area contributed by atoms with Crippen molar-refractivity contribution in [3.63, 3.8) is 0 Å². The Labute approximate surface area is 731 Å². The molecule has 30 nitrogen and oxygen atoms in total. The van der Waals surface area contributed by atoms with Crippen molar-refractivity contribution in [1.29, 1.82) is 0 Å². The summed E-state index contributed by atoms with van der Waals surface area (Å²) in [6, 6.07) is 42.8. The Morgan fingerprint density at radius 2 is 0.664 bits per heavy atom. The molecule has 0 aliphatic heterocycles. The topological polar surface area (TPSA) is 400 Å². The summed E-state index contributed by atoms with van der Waals surface area (Å²) in [4.78, 5) is 69.6. The number of rotatable bonds is 16. The van der Waals surface area contributed by atoms with Crippen molar-refractivity contribution in [3.05, 3.63) is 288 Å². The molecule has 0 aliphatic rings. The summed E-state index contributed by atoms with van der Waals surface area (Å²) in [5.41, 5.74) is 32.8. The van der Waals surface area contributed by atoms with E-state index in [2.05, 4.69) is 180 Å². The van der Waals surface area contributed by atoms with E-state index in [0.717, 1.165) is 224 Å². The summed E-state index contributed by atoms with van der Waals surface area (Å²) in [7, 11) is 4.01. The van der Waals surface area contributed by atoms with Crippen LogP contribution in [-0.2, 0) is 6.54 Å². The molecule has 4 aromatic carbocycles. The Morgan fingerprint density at radius 1 is 0.312 bits per heavy atom. The highest BCUT2D eigenvalue weighted by Gasteiger charge is 2.23. The molecule has 24 rings (SSSR count). The van der Waals surface area contributed by atoms with E-state index in [4.69, 9.17) is 37.6 Å². The fourth-order valence-electron chi connectivity index (χ4n) is 15.3. The van der Waals surface area contributed by atoms with Gasteiger partial charge in [0, 0.05) is 177 Å². The SMILES string of the molecule is C.C.C.C.CCNCc1cncc(-c2ccc3[nH]nc(-c4nc5c(-c6ccoc6)cncc5[nH]4)c3c2)c1.CN(C)c1cncc(-c2ccc3[nH]nc(-c4nc5c(-c6ccoc6)cncc5[nH]4)c3c2)c1.Cc1ccncc1-c1ccc2[nH]nc(-c3nc4c(-c5ccoc5)cncc4[nH]3)c2c1.c1cncc(-c2ccc3[nH]nc(-c4nc5c(-c6ccoc6)cncc5[nH]4)c3c2)c1. The van der Waals surface area contributed by atoms with Crippen LogP contribution >= 0.6 is 0 Å². The van der Waals surface area contributed by atoms with Gasteiger partial charge in [0.1, 0.15) is 44.8 Å². The molecule has 0 saturated carbocycles. The number of nitrogens with zero attached hydrogens (tertiary/aromatic N) is 17. The summed E-state index contributed by atoms with van der Waals surface area (Å²) in [5.74, 6) is 2.74. The van der Waals surface area contributed by atoms with Gasteiger partial charge < -0.3 is 47.8 Å². The summed E-state index contributed by atoms with van der Waals surface area (Å²) < 4.78 is 20.9. The first-order valence-electron chi connectivity index (χ1n) is 39.6. The molecule has 20 aromatic heterocycles. The second-order valence-electron chi connectivity index (χ2n) is 29.7. The molecular weight excluding hydrogens is 1610 g/mol. The molecule has 632 valence electrons. The fraction of sp³-hybridized carbons (Fsp3) is 0.102. The Balaban J connectivity index is 0.000000119. The van der Waals surface area contributed by atoms with E-state index in [9.17, 15) is 0 Å². The third-order valence-electron chi connectivity index (χ3n) is 21.7. The largest absolute Gasteiger partial charge is 0.472 e. The van der Waals surface area contributed by atoms with Crippen LogP contribution < -0.4 is 10.2 Å². The van der Waals surface area contributed by atoms with E-state index in [1.54, 1.807) is 112 Å². The Hall–Kier alpha value is -17.3. The van der Waals surface area contributed by atoms with E-state index < -0.39 is 0 Å². The number of hydrogen-bond donors (Lipinski definition) is 9. The minimum atomic E-state index is 0. The fourth-order valence-corrected chi connectivity index (χ4v) is 15.3. The Bertz CT molecular complexity index is 7950. The monoisotopic (exact) mass is 1690 g/mol. The number of H-pyrrole nitrogens is 8. The Morgan fingerprint density at radius 3 is 1.03 bits per heavy atom. The summed E-state index contributed by atoms with van der Waals surface area (Å²) >= 11 is 0. The normalized spacial score (nSPS) is 11.1. The molecular formula is C98H86N26O4. The number of aromatic nitrogens is 24. The molecule has 0 radical (unpaired) electrons. The summed E-state index contributed by atoms with van der Waals surface area (Å²) in [6.45, 7) is 5.89. The highest BCUT2D eigenvalue weighted by molar-refractivity contribution is 6.03. The van der Waals surface area contributed by atoms with Gasteiger partial charge in [0.25, 0.3) is 0 Å². The number of nitrogens with one attached hydrogen (secondary N) is 9. The van der Waals surface area contributed by atoms with Gasteiger partial charge in [0.15, 0.2) is 23.3 Å². The van der Waals surface area contributed by atoms with Gasteiger partial charge >= 0.3 is 0 Å². The average Bonchev–Trinajstić information content (AvgIpc) is 1.63. The molecule has 0 atom stereocenters. The molecule has 9 N–H and O–H groups in total. The lowest BCUT2D eigenvalue weighted by Crippen LogP contribution is -2.11. The number of pyridine rings is 8. The number of hydrogen-bond acceptors (Lipinski definition) is 22. The van der Waals surface area contributed by atoms with Gasteiger partial charge in [-0.05, 0) is 144 Å². The Kier molecular flexibility index (Phi) is 23.1. The first-order chi connectivity index (χ1) is 61.1. The van der Waals surface area contributed by atoms with Crippen molar-refractivity contribution in [2.45, 2.75) is 50.1 Å². The summed E-state index contributed by atoms with van der Waals surface area (Å²) in [5, 5.41) is 37.9. The maximum atomic E-state index is 5.25. The average molecular weight is 1690 g/mol. The predicted molar refractivity (Wildman–Crippen MR) is 503 cm³/mol. The van der Waals surface area contributed by atoms with Crippen LogP contribution in [0.1, 0.15) is 47.8 Å². The number of anilines is 1. The molecule has 30 heteroatoms. The summed E-state index contributed by atoms with van der Waals surface area (Å²) in [6.07, 6.45) is 42.4. The predicted octanol–water partition coefficient (Wildman–Crippen LogP) is 22.3. The lowest BCUT2D eigenvalue weighted by atomic mass is 10.0. The van der Waals surface area contributed by atoms with Crippen molar-refractivity contribution >= 4 is 93.4 Å². The van der Waals surface area contributed by atoms with Crippen LogP contribution in [0, 0.1) is 6.92 Å². The van der Waals surface area contributed by atoms with Crippen molar-refractivity contribution in [1.82, 2.24) is 126 Å². The number of furan rings is 4. The van der Waals surface area contributed by atoms with Crippen molar-refractivity contribution in [2.24, 2.45) is 0 Å². The smallest absolute Gasteiger partial charge is 0.159 e. The van der Waals surface area contributed by atoms with Crippen molar-refractivity contribution in [3.8, 4) is 135 Å². The van der Waals surface area contributed by atoms with Gasteiger partial charge in [-0.15, -0.1) is 0 Å². The molecule has 0 saturated heterocycles. The van der Waals surface area contributed by atoms with E-state index >= 15 is 0 Å². The van der Waals surface area contributed by atoms with Gasteiger partial charge in [-0.3, -0.25) is 60.3 Å². The maximum Gasteiger partial charge on any atom is 0.159 e. The van der Waals surface area contributed by atoms with Gasteiger partial charge in [0.2, 0.25) is 0 Å². The first kappa shape index (κ1) is 83.0. The van der Waals surface area contributed by atoms with E-state index in [-0.39, 0.29) is 29.7 Å². The molecule has 0 spiro atoms. The standard InChI is InChI=1S/C25H21N7O.C24H19N7O.C23H16N6O.C22H14N6O.4CH4/c1-2-26-9-15-7-18(11-27-10-15)16-3-4-21-19(8-16)24(32-31-21)25-29-22-13-28-12-20(23(22)30-25)17-5-6-33-14-17;1-31(2)17-7-16(9-25-10-17)14-3-4-20-18(8-14)23(30-29-20)24-27-21-12-26-11-19(22(21)28-24)15-5-6-32-13-15;1-13-4-6-24-9-17(13)14-2-3-19-16(8-14)22(29-28-19)23-26-20-11-25-10-18(21(20)27-23)15-5-7-30-12-15;1-2-14(9-23-6-1)13-3-4-18-16(8-13)21(28-27-18)22-25-19-11-24-10-17(20(19)26-22)15-5-7-29-12-15;;;;/h3-8,10-14,26H,2,9H2,1H3,(H,29,30)(H,31,32);3-13H,1-2H3,(H,27,28)(H,29,30);2-12H,1H3,(H,26,27)(H,28,29);1-12H,(H,25,26)(H,27,28);4*1H4. The van der Waals surface area contributed by atoms with Gasteiger partial charge in [0.05, 0.1) is 131 Å². The van der Waals surface area contributed by atoms with Gasteiger partial charge in [-0.2, -0.15) is 20.4 Å². The number of aromatic amines is 8. The van der Waals surface area contributed by atoms with Gasteiger partial charge in [-0.1, -0.05) is 67.0 Å². The molecule has 0 amide bonds. The van der Waals surface area contributed by atoms with Gasteiger partial charge in [-0.25, -0.2) is 19.9 Å². The van der Waals surface area contributed by atoms with Crippen molar-refractivity contribution < 1.29 is 17.7 Å². The van der Waals surface area contributed by atoms with Crippen LogP contribution in [-0.4, -0.2) is 141 Å². The van der Waals surface area contributed by atoms with E-state index in [0.29, 0.717) is 23.3 Å². The lowest BCUT2D eigenvalue weighted by Gasteiger charge is -2.13. The lowest BCUT2D eigenvalue weighted by molar-refractivity contribution is 0.568. The molecule has 0 aliphatic carbocycles. The van der Waals surface area contributed by atoms with Crippen molar-refractivity contribution in [2.75, 3.05) is 25.5 Å². The van der Waals surface area contributed by atoms with Crippen LogP contribution in [0.4, 0.5) is 5.69 Å². The quantitative estimate of drug-likeness (QED) is 0.0434. The third-order valence-corrected chi connectivity index (χ3v) is 21.7. The molecule has 128 heavy (non-hydrogen) atoms. The zero-order valence-electron chi connectivity index (χ0n) is 66.6. The molecule has 20 heterocycles. The third kappa shape index (κ3) is 15.9. The van der Waals surface area contributed by atoms with Crippen LogP contribution in [0.15, 0.2) is 294 Å². The highest BCUT2D eigenvalue weighted by atomic mass is 16.3. The number of imidazole rings is 4. The van der Waals surface area contributed by atoms with E-state index in [1.807, 2.05) is 123 Å². The maximum absolute atomic E-state index is 5.25. The second-order valence-corrected chi connectivity index (χ2v) is 29.7. The minimum Gasteiger partial charge on any atom is -0.472 e. The van der Waals surface area contributed by atoms with Crippen LogP contribution in [0.5, 0.6) is 0 Å². The molecule has 24 aromatic rings. The minimum absolute atomic E-state index is 0. The number of fused-ring (bicyclic) bond motifs is 8. The van der Waals surface area contributed by atoms with E-state index in [1.165, 1.54) is 5.56 Å². The second kappa shape index (κ2) is 35.7. The molecule has 0 fully saturated rings.